The van der Waals surface area contributed by atoms with Crippen molar-refractivity contribution in [1.29, 1.82) is 0 Å². The van der Waals surface area contributed by atoms with Gasteiger partial charge in [0.15, 0.2) is 0 Å². The lowest BCUT2D eigenvalue weighted by molar-refractivity contribution is 0.350. The Hall–Kier alpha value is -0.485. The molecule has 0 atom stereocenters. The highest BCUT2D eigenvalue weighted by molar-refractivity contribution is 8.28. The first-order chi connectivity index (χ1) is 7.38. The standard InChI is InChI=1S/C10H14BNOS2/c1-2-3-9-15-11(13-7-6-12)10-5-4-8-14-10/h2-5,8-9H,1,6-7,12H2/b9-3-. The molecule has 1 aromatic heterocycles. The lowest BCUT2D eigenvalue weighted by Crippen LogP contribution is -2.29. The van der Waals surface area contributed by atoms with Crippen molar-refractivity contribution in [2.45, 2.75) is 0 Å². The molecule has 0 saturated carbocycles. The summed E-state index contributed by atoms with van der Waals surface area (Å²) in [5.41, 5.74) is 5.42. The molecule has 0 radical (unpaired) electrons. The van der Waals surface area contributed by atoms with Gasteiger partial charge in [0.2, 0.25) is 0 Å². The Kier molecular flexibility index (Phi) is 6.51. The molecule has 0 fully saturated rings. The monoisotopic (exact) mass is 239 g/mol. The van der Waals surface area contributed by atoms with Crippen LogP contribution in [0, 0.1) is 0 Å². The first-order valence-electron chi connectivity index (χ1n) is 4.66. The van der Waals surface area contributed by atoms with Crippen LogP contribution in [0.2, 0.25) is 0 Å². The summed E-state index contributed by atoms with van der Waals surface area (Å²) in [6, 6.07) is 4.09. The van der Waals surface area contributed by atoms with Crippen LogP contribution in [0.5, 0.6) is 0 Å². The minimum Gasteiger partial charge on any atom is -0.420 e. The Morgan fingerprint density at radius 3 is 3.13 bits per heavy atom. The molecule has 2 N–H and O–H groups in total. The molecule has 0 unspecified atom stereocenters. The fraction of sp³-hybridized carbons (Fsp3) is 0.200. The van der Waals surface area contributed by atoms with Gasteiger partial charge in [0, 0.05) is 17.9 Å². The van der Waals surface area contributed by atoms with Gasteiger partial charge in [0.05, 0.1) is 0 Å². The van der Waals surface area contributed by atoms with Gasteiger partial charge in [-0.05, 0) is 10.8 Å². The van der Waals surface area contributed by atoms with Gasteiger partial charge < -0.3 is 10.4 Å². The van der Waals surface area contributed by atoms with Crippen molar-refractivity contribution in [3.05, 3.63) is 41.7 Å². The van der Waals surface area contributed by atoms with Gasteiger partial charge in [0.1, 0.15) is 0 Å². The van der Waals surface area contributed by atoms with E-state index in [2.05, 4.69) is 12.6 Å². The molecule has 1 heterocycles. The van der Waals surface area contributed by atoms with E-state index in [0.717, 1.165) is 0 Å². The summed E-state index contributed by atoms with van der Waals surface area (Å²) in [6.45, 7) is 4.75. The second-order valence-electron chi connectivity index (χ2n) is 2.71. The molecule has 0 saturated heterocycles. The van der Waals surface area contributed by atoms with E-state index in [4.69, 9.17) is 10.4 Å². The Balaban J connectivity index is 2.53. The SMILES string of the molecule is C=C/C=C\SB(OCCN)c1cccs1. The normalized spacial score (nSPS) is 10.7. The van der Waals surface area contributed by atoms with Crippen LogP contribution in [0.15, 0.2) is 41.7 Å². The van der Waals surface area contributed by atoms with Crippen molar-refractivity contribution in [2.24, 2.45) is 5.73 Å². The maximum Gasteiger partial charge on any atom is 0.411 e. The molecule has 0 aliphatic heterocycles. The first-order valence-corrected chi connectivity index (χ1v) is 6.49. The van der Waals surface area contributed by atoms with E-state index in [9.17, 15) is 0 Å². The van der Waals surface area contributed by atoms with E-state index in [-0.39, 0.29) is 6.19 Å². The van der Waals surface area contributed by atoms with E-state index in [1.54, 1.807) is 29.0 Å². The number of hydrogen-bond donors (Lipinski definition) is 1. The summed E-state index contributed by atoms with van der Waals surface area (Å²) in [6.07, 6.45) is 3.70. The zero-order chi connectivity index (χ0) is 10.9. The van der Waals surface area contributed by atoms with Crippen LogP contribution in [-0.2, 0) is 4.65 Å². The minimum atomic E-state index is 0.0461. The maximum atomic E-state index is 5.65. The average Bonchev–Trinajstić information content (AvgIpc) is 2.76. The van der Waals surface area contributed by atoms with Gasteiger partial charge in [0.25, 0.3) is 0 Å². The highest BCUT2D eigenvalue weighted by Gasteiger charge is 2.18. The van der Waals surface area contributed by atoms with E-state index in [1.165, 1.54) is 4.78 Å². The van der Waals surface area contributed by atoms with Gasteiger partial charge in [-0.2, -0.15) is 11.3 Å². The van der Waals surface area contributed by atoms with Crippen molar-refractivity contribution in [2.75, 3.05) is 13.2 Å². The molecule has 1 aromatic rings. The van der Waals surface area contributed by atoms with Crippen molar-refractivity contribution in [1.82, 2.24) is 0 Å². The molecular formula is C10H14BNOS2. The first kappa shape index (κ1) is 12.6. The van der Waals surface area contributed by atoms with Crippen LogP contribution in [0.3, 0.4) is 0 Å². The second-order valence-corrected chi connectivity index (χ2v) is 4.66. The van der Waals surface area contributed by atoms with Gasteiger partial charge >= 0.3 is 6.19 Å². The molecule has 0 spiro atoms. The van der Waals surface area contributed by atoms with Gasteiger partial charge in [-0.1, -0.05) is 30.9 Å². The molecule has 80 valence electrons. The third-order valence-corrected chi connectivity index (χ3v) is 3.60. The predicted octanol–water partition coefficient (Wildman–Crippen LogP) is 1.85. The highest BCUT2D eigenvalue weighted by atomic mass is 32.2. The van der Waals surface area contributed by atoms with Crippen LogP contribution in [-0.4, -0.2) is 19.3 Å². The molecule has 0 amide bonds. The van der Waals surface area contributed by atoms with Crippen LogP contribution in [0.4, 0.5) is 0 Å². The molecule has 0 aliphatic carbocycles. The van der Waals surface area contributed by atoms with E-state index in [1.807, 2.05) is 22.9 Å². The Labute approximate surface area is 99.2 Å². The van der Waals surface area contributed by atoms with Gasteiger partial charge in [-0.15, -0.1) is 11.6 Å². The Morgan fingerprint density at radius 2 is 2.53 bits per heavy atom. The number of nitrogens with two attached hydrogens (primary N) is 1. The topological polar surface area (TPSA) is 35.2 Å². The third kappa shape index (κ3) is 4.71. The smallest absolute Gasteiger partial charge is 0.411 e. The summed E-state index contributed by atoms with van der Waals surface area (Å²) in [4.78, 5) is 0. The van der Waals surface area contributed by atoms with Crippen molar-refractivity contribution >= 4 is 33.9 Å². The summed E-state index contributed by atoms with van der Waals surface area (Å²) < 4.78 is 6.86. The van der Waals surface area contributed by atoms with Gasteiger partial charge in [-0.3, -0.25) is 0 Å². The molecule has 5 heteroatoms. The minimum absolute atomic E-state index is 0.0461. The molecule has 1 rings (SSSR count). The summed E-state index contributed by atoms with van der Waals surface area (Å²) in [5.74, 6) is 0. The van der Waals surface area contributed by atoms with Crippen LogP contribution in [0.1, 0.15) is 0 Å². The fourth-order valence-electron chi connectivity index (χ4n) is 0.961. The lowest BCUT2D eigenvalue weighted by Gasteiger charge is -2.08. The summed E-state index contributed by atoms with van der Waals surface area (Å²) >= 11 is 3.32. The quantitative estimate of drug-likeness (QED) is 0.582. The largest absolute Gasteiger partial charge is 0.420 e. The maximum absolute atomic E-state index is 5.65. The number of allylic oxidation sites excluding steroid dienone is 2. The van der Waals surface area contributed by atoms with Crippen molar-refractivity contribution in [3.63, 3.8) is 0 Å². The van der Waals surface area contributed by atoms with Crippen molar-refractivity contribution < 1.29 is 4.65 Å². The zero-order valence-corrected chi connectivity index (χ0v) is 10.1. The van der Waals surface area contributed by atoms with Crippen LogP contribution >= 0.6 is 22.9 Å². The van der Waals surface area contributed by atoms with Crippen LogP contribution < -0.4 is 10.5 Å². The molecule has 0 aromatic carbocycles. The molecule has 15 heavy (non-hydrogen) atoms. The lowest BCUT2D eigenvalue weighted by atomic mass is 9.96. The zero-order valence-electron chi connectivity index (χ0n) is 8.46. The van der Waals surface area contributed by atoms with Gasteiger partial charge in [-0.25, -0.2) is 0 Å². The molecule has 2 nitrogen and oxygen atoms in total. The number of rotatable bonds is 7. The predicted molar refractivity (Wildman–Crippen MR) is 71.6 cm³/mol. The van der Waals surface area contributed by atoms with E-state index < -0.39 is 0 Å². The average molecular weight is 239 g/mol. The summed E-state index contributed by atoms with van der Waals surface area (Å²) in [7, 11) is 0. The third-order valence-electron chi connectivity index (χ3n) is 1.58. The number of hydrogen-bond acceptors (Lipinski definition) is 4. The van der Waals surface area contributed by atoms with E-state index >= 15 is 0 Å². The second kappa shape index (κ2) is 7.76. The molecule has 0 bridgehead atoms. The number of thiophene rings is 1. The molecule has 0 aliphatic rings. The fourth-order valence-corrected chi connectivity index (χ4v) is 2.68. The Morgan fingerprint density at radius 1 is 1.67 bits per heavy atom. The van der Waals surface area contributed by atoms with E-state index in [0.29, 0.717) is 13.2 Å². The highest BCUT2D eigenvalue weighted by Crippen LogP contribution is 2.12. The summed E-state index contributed by atoms with van der Waals surface area (Å²) in [5, 5.41) is 4.03. The van der Waals surface area contributed by atoms with Crippen LogP contribution in [0.25, 0.3) is 0 Å². The van der Waals surface area contributed by atoms with Crippen molar-refractivity contribution in [3.8, 4) is 0 Å². The Bertz CT molecular complexity index is 300. The molecular weight excluding hydrogens is 225 g/mol.